The summed E-state index contributed by atoms with van der Waals surface area (Å²) >= 11 is 0. The molecule has 40 heavy (non-hydrogen) atoms. The lowest BCUT2D eigenvalue weighted by Crippen LogP contribution is -2.50. The average molecular weight is 548 g/mol. The molecule has 2 aromatic heterocycles. The maximum atomic E-state index is 10.2. The molecule has 11 heteroatoms. The molecule has 0 spiro atoms. The first-order valence-corrected chi connectivity index (χ1v) is 13.0. The van der Waals surface area contributed by atoms with Crippen molar-refractivity contribution in [2.45, 2.75) is 51.2 Å². The van der Waals surface area contributed by atoms with Gasteiger partial charge >= 0.3 is 0 Å². The Kier molecular flexibility index (Phi) is 8.68. The Morgan fingerprint density at radius 3 is 2.60 bits per heavy atom. The van der Waals surface area contributed by atoms with Crippen molar-refractivity contribution < 1.29 is 29.5 Å². The van der Waals surface area contributed by atoms with Gasteiger partial charge in [-0.15, -0.1) is 5.10 Å². The van der Waals surface area contributed by atoms with E-state index in [9.17, 15) is 15.3 Å². The van der Waals surface area contributed by atoms with Crippen LogP contribution in [-0.4, -0.2) is 67.3 Å². The number of hydrogen-bond donors (Lipinski definition) is 4. The normalized spacial score (nSPS) is 20.8. The van der Waals surface area contributed by atoms with Gasteiger partial charge in [0, 0.05) is 24.7 Å². The van der Waals surface area contributed by atoms with E-state index in [1.165, 1.54) is 15.8 Å². The van der Waals surface area contributed by atoms with Crippen LogP contribution >= 0.6 is 0 Å². The molecular formula is C29H33N5O6. The Bertz CT molecular complexity index is 1420. The van der Waals surface area contributed by atoms with E-state index in [0.29, 0.717) is 37.2 Å². The first kappa shape index (κ1) is 27.7. The fourth-order valence-corrected chi connectivity index (χ4v) is 4.63. The first-order chi connectivity index (χ1) is 19.4. The van der Waals surface area contributed by atoms with E-state index in [1.54, 1.807) is 13.3 Å². The molecule has 210 valence electrons. The molecule has 4 N–H and O–H groups in total. The van der Waals surface area contributed by atoms with Gasteiger partial charge in [-0.25, -0.2) is 4.68 Å². The topological polar surface area (TPSA) is 144 Å². The molecule has 5 rings (SSSR count). The van der Waals surface area contributed by atoms with Crippen LogP contribution in [0.5, 0.6) is 11.8 Å². The first-order valence-electron chi connectivity index (χ1n) is 13.0. The Morgan fingerprint density at radius 2 is 1.80 bits per heavy atom. The molecule has 2 aromatic carbocycles. The third-order valence-corrected chi connectivity index (χ3v) is 6.93. The van der Waals surface area contributed by atoms with Crippen molar-refractivity contribution in [1.82, 2.24) is 25.3 Å². The number of benzene rings is 2. The summed E-state index contributed by atoms with van der Waals surface area (Å²) in [7, 11) is 1.57. The molecule has 1 saturated heterocycles. The Morgan fingerprint density at radius 1 is 0.975 bits per heavy atom. The van der Waals surface area contributed by atoms with Crippen molar-refractivity contribution in [2.75, 3.05) is 13.7 Å². The zero-order chi connectivity index (χ0) is 28.1. The number of methoxy groups -OCH3 is 1. The highest BCUT2D eigenvalue weighted by molar-refractivity contribution is 5.68. The molecule has 0 amide bonds. The van der Waals surface area contributed by atoms with Crippen LogP contribution in [-0.2, 0) is 24.4 Å². The third-order valence-electron chi connectivity index (χ3n) is 6.93. The lowest BCUT2D eigenvalue weighted by molar-refractivity contribution is -0.214. The molecule has 1 fully saturated rings. The molecule has 11 nitrogen and oxygen atoms in total. The minimum Gasteiger partial charge on any atom is -0.481 e. The number of aliphatic hydroxyl groups excluding tert-OH is 3. The van der Waals surface area contributed by atoms with Crippen LogP contribution in [0.3, 0.4) is 0 Å². The van der Waals surface area contributed by atoms with Crippen LogP contribution in [0.4, 0.5) is 0 Å². The van der Waals surface area contributed by atoms with Gasteiger partial charge in [0.25, 0.3) is 0 Å². The monoisotopic (exact) mass is 547 g/mol. The number of aromatic nitrogens is 4. The summed E-state index contributed by atoms with van der Waals surface area (Å²) < 4.78 is 18.3. The van der Waals surface area contributed by atoms with E-state index in [4.69, 9.17) is 14.2 Å². The second kappa shape index (κ2) is 12.5. The van der Waals surface area contributed by atoms with E-state index < -0.39 is 24.5 Å². The smallest absolute Gasteiger partial charge is 0.220 e. The SMILES string of the molecule is COc1nc(OCc2cccc(-c3ccccc3)c2C)ccc1CNCc1cn([C@@H]2OC[C@@H](O)[C@H](O)[C@H]2O)nn1. The second-order valence-electron chi connectivity index (χ2n) is 9.63. The highest BCUT2D eigenvalue weighted by atomic mass is 16.5. The van der Waals surface area contributed by atoms with Gasteiger partial charge in [0.1, 0.15) is 24.9 Å². The van der Waals surface area contributed by atoms with Gasteiger partial charge in [0.15, 0.2) is 6.23 Å². The molecule has 0 unspecified atom stereocenters. The van der Waals surface area contributed by atoms with E-state index in [0.717, 1.165) is 16.7 Å². The summed E-state index contributed by atoms with van der Waals surface area (Å²) in [5.41, 5.74) is 6.03. The lowest BCUT2D eigenvalue weighted by Gasteiger charge is -2.34. The van der Waals surface area contributed by atoms with Crippen molar-refractivity contribution in [3.05, 3.63) is 89.2 Å². The van der Waals surface area contributed by atoms with E-state index in [1.807, 2.05) is 36.4 Å². The van der Waals surface area contributed by atoms with Crippen molar-refractivity contribution in [3.8, 4) is 22.9 Å². The Hall–Kier alpha value is -3.87. The highest BCUT2D eigenvalue weighted by Crippen LogP contribution is 2.27. The number of nitrogens with zero attached hydrogens (tertiary/aromatic N) is 4. The molecule has 4 aromatic rings. The molecule has 4 atom stereocenters. The number of aliphatic hydroxyl groups is 3. The number of rotatable bonds is 10. The summed E-state index contributed by atoms with van der Waals surface area (Å²) in [5.74, 6) is 0.918. The van der Waals surface area contributed by atoms with Crippen LogP contribution in [0.15, 0.2) is 66.9 Å². The standard InChI is InChI=1S/C29H33N5O6/c1-18-21(9-6-10-23(18)19-7-4-3-5-8-19)16-39-25-12-11-20(28(31-25)38-2)13-30-14-22-15-34(33-32-22)29-27(37)26(36)24(35)17-40-29/h3-12,15,24,26-27,29-30,35-37H,13-14,16-17H2,1-2H3/t24-,26+,27-,29-/m1/s1. The average Bonchev–Trinajstić information content (AvgIpc) is 3.45. The van der Waals surface area contributed by atoms with Gasteiger partial charge < -0.3 is 34.8 Å². The Balaban J connectivity index is 1.17. The summed E-state index contributed by atoms with van der Waals surface area (Å²) in [6.07, 6.45) is -3.10. The molecule has 0 radical (unpaired) electrons. The minimum atomic E-state index is -1.32. The van der Waals surface area contributed by atoms with Crippen molar-refractivity contribution >= 4 is 0 Å². The molecule has 0 aliphatic carbocycles. The fourth-order valence-electron chi connectivity index (χ4n) is 4.63. The van der Waals surface area contributed by atoms with Crippen molar-refractivity contribution in [3.63, 3.8) is 0 Å². The van der Waals surface area contributed by atoms with Crippen LogP contribution < -0.4 is 14.8 Å². The van der Waals surface area contributed by atoms with Crippen LogP contribution in [0.1, 0.15) is 28.6 Å². The number of nitrogens with one attached hydrogen (secondary N) is 1. The number of pyridine rings is 1. The van der Waals surface area contributed by atoms with Gasteiger partial charge in [0.05, 0.1) is 25.6 Å². The maximum absolute atomic E-state index is 10.2. The van der Waals surface area contributed by atoms with E-state index in [2.05, 4.69) is 51.8 Å². The molecule has 0 bridgehead atoms. The van der Waals surface area contributed by atoms with Gasteiger partial charge in [-0.3, -0.25) is 0 Å². The van der Waals surface area contributed by atoms with Gasteiger partial charge in [-0.1, -0.05) is 53.7 Å². The minimum absolute atomic E-state index is 0.109. The van der Waals surface area contributed by atoms with Crippen LogP contribution in [0.25, 0.3) is 11.1 Å². The Labute approximate surface area is 232 Å². The quantitative estimate of drug-likeness (QED) is 0.233. The van der Waals surface area contributed by atoms with Crippen molar-refractivity contribution in [2.24, 2.45) is 0 Å². The lowest BCUT2D eigenvalue weighted by atomic mass is 9.97. The van der Waals surface area contributed by atoms with Gasteiger partial charge in [0.2, 0.25) is 11.8 Å². The zero-order valence-corrected chi connectivity index (χ0v) is 22.3. The van der Waals surface area contributed by atoms with Gasteiger partial charge in [-0.2, -0.15) is 4.98 Å². The molecule has 0 saturated carbocycles. The van der Waals surface area contributed by atoms with Crippen LogP contribution in [0.2, 0.25) is 0 Å². The molecule has 1 aliphatic heterocycles. The largest absolute Gasteiger partial charge is 0.481 e. The molecular weight excluding hydrogens is 514 g/mol. The predicted octanol–water partition coefficient (Wildman–Crippen LogP) is 2.14. The van der Waals surface area contributed by atoms with Crippen molar-refractivity contribution in [1.29, 1.82) is 0 Å². The summed E-state index contributed by atoms with van der Waals surface area (Å²) in [6, 6.07) is 20.2. The summed E-state index contributed by atoms with van der Waals surface area (Å²) in [6.45, 7) is 3.20. The highest BCUT2D eigenvalue weighted by Gasteiger charge is 2.39. The maximum Gasteiger partial charge on any atom is 0.220 e. The second-order valence-corrected chi connectivity index (χ2v) is 9.63. The molecule has 3 heterocycles. The number of hydrogen-bond acceptors (Lipinski definition) is 10. The third kappa shape index (κ3) is 6.14. The molecule has 1 aliphatic rings. The number of ether oxygens (including phenoxy) is 3. The zero-order valence-electron chi connectivity index (χ0n) is 22.3. The van der Waals surface area contributed by atoms with Crippen LogP contribution in [0, 0.1) is 6.92 Å². The predicted molar refractivity (Wildman–Crippen MR) is 145 cm³/mol. The van der Waals surface area contributed by atoms with Gasteiger partial charge in [-0.05, 0) is 35.2 Å². The van der Waals surface area contributed by atoms with E-state index >= 15 is 0 Å². The fraction of sp³-hybridized carbons (Fsp3) is 0.345. The summed E-state index contributed by atoms with van der Waals surface area (Å²) in [5, 5.41) is 41.1. The summed E-state index contributed by atoms with van der Waals surface area (Å²) in [4.78, 5) is 4.52. The van der Waals surface area contributed by atoms with E-state index in [-0.39, 0.29) is 6.61 Å².